The summed E-state index contributed by atoms with van der Waals surface area (Å²) >= 11 is 6.03. The van der Waals surface area contributed by atoms with Crippen molar-refractivity contribution in [3.63, 3.8) is 0 Å². The normalized spacial score (nSPS) is 19.5. The van der Waals surface area contributed by atoms with Crippen molar-refractivity contribution in [1.29, 1.82) is 0 Å². The smallest absolute Gasteiger partial charge is 0.322 e. The Morgan fingerprint density at radius 2 is 2.00 bits per heavy atom. The van der Waals surface area contributed by atoms with Gasteiger partial charge in [0.15, 0.2) is 0 Å². The lowest BCUT2D eigenvalue weighted by atomic mass is 10.1. The average Bonchev–Trinajstić information content (AvgIpc) is 3.28. The van der Waals surface area contributed by atoms with E-state index in [1.54, 1.807) is 4.90 Å². The Hall–Kier alpha value is -2.00. The number of hydrogen-bond donors (Lipinski definition) is 1. The molecule has 3 nitrogen and oxygen atoms in total. The highest BCUT2D eigenvalue weighted by atomic mass is 35.5. The highest BCUT2D eigenvalue weighted by molar-refractivity contribution is 6.30. The Morgan fingerprint density at radius 3 is 2.68 bits per heavy atom. The van der Waals surface area contributed by atoms with Gasteiger partial charge in [0.1, 0.15) is 0 Å². The molecule has 1 saturated carbocycles. The summed E-state index contributed by atoms with van der Waals surface area (Å²) in [6.07, 6.45) is 0.971. The second-order valence-electron chi connectivity index (χ2n) is 5.53. The van der Waals surface area contributed by atoms with E-state index in [9.17, 15) is 4.79 Å². The first-order valence-corrected chi connectivity index (χ1v) is 7.95. The number of hydrogen-bond acceptors (Lipinski definition) is 1. The molecule has 1 N–H and O–H groups in total. The Kier molecular flexibility index (Phi) is 4.34. The summed E-state index contributed by atoms with van der Waals surface area (Å²) in [7, 11) is 0. The summed E-state index contributed by atoms with van der Waals surface area (Å²) in [6.45, 7) is 2.62. The molecule has 0 aliphatic heterocycles. The number of amides is 2. The third kappa shape index (κ3) is 3.25. The standard InChI is InChI=1S/C18H19ClN2O/c1-2-21(15-9-4-3-5-10-15)18(22)20-17-12-16(17)13-7-6-8-14(19)11-13/h3-11,16-17H,2,12H2,1H3,(H,20,22)/t16-,17+/m0/s1. The summed E-state index contributed by atoms with van der Waals surface area (Å²) < 4.78 is 0. The highest BCUT2D eigenvalue weighted by Crippen LogP contribution is 2.41. The predicted octanol–water partition coefficient (Wildman–Crippen LogP) is 4.43. The third-order valence-electron chi connectivity index (χ3n) is 4.01. The fraction of sp³-hybridized carbons (Fsp3) is 0.278. The van der Waals surface area contributed by atoms with E-state index in [0.29, 0.717) is 12.5 Å². The van der Waals surface area contributed by atoms with Crippen molar-refractivity contribution in [3.8, 4) is 0 Å². The van der Waals surface area contributed by atoms with Crippen LogP contribution >= 0.6 is 11.6 Å². The van der Waals surface area contributed by atoms with Gasteiger partial charge in [-0.2, -0.15) is 0 Å². The average molecular weight is 315 g/mol. The molecule has 2 aromatic rings. The van der Waals surface area contributed by atoms with Crippen LogP contribution in [0.5, 0.6) is 0 Å². The van der Waals surface area contributed by atoms with Gasteiger partial charge in [0.2, 0.25) is 0 Å². The maximum absolute atomic E-state index is 12.5. The zero-order chi connectivity index (χ0) is 15.5. The van der Waals surface area contributed by atoms with E-state index in [1.807, 2.05) is 55.5 Å². The van der Waals surface area contributed by atoms with Crippen LogP contribution in [0.15, 0.2) is 54.6 Å². The molecule has 1 aliphatic carbocycles. The van der Waals surface area contributed by atoms with Gasteiger partial charge in [-0.25, -0.2) is 4.79 Å². The van der Waals surface area contributed by atoms with Gasteiger partial charge < -0.3 is 5.32 Å². The lowest BCUT2D eigenvalue weighted by Gasteiger charge is -2.21. The number of para-hydroxylation sites is 1. The van der Waals surface area contributed by atoms with Crippen LogP contribution in [0.2, 0.25) is 5.02 Å². The molecule has 114 valence electrons. The Bertz CT molecular complexity index is 659. The molecule has 0 radical (unpaired) electrons. The van der Waals surface area contributed by atoms with Crippen LogP contribution in [-0.4, -0.2) is 18.6 Å². The van der Waals surface area contributed by atoms with E-state index in [1.165, 1.54) is 5.56 Å². The summed E-state index contributed by atoms with van der Waals surface area (Å²) in [5, 5.41) is 3.86. The number of benzene rings is 2. The lowest BCUT2D eigenvalue weighted by molar-refractivity contribution is 0.246. The fourth-order valence-corrected chi connectivity index (χ4v) is 2.95. The topological polar surface area (TPSA) is 32.3 Å². The number of halogens is 1. The zero-order valence-electron chi connectivity index (χ0n) is 12.5. The molecule has 1 aliphatic rings. The van der Waals surface area contributed by atoms with Crippen LogP contribution in [0.3, 0.4) is 0 Å². The van der Waals surface area contributed by atoms with Crippen LogP contribution in [0.1, 0.15) is 24.8 Å². The SMILES string of the molecule is CCN(C(=O)N[C@@H]1C[C@H]1c1cccc(Cl)c1)c1ccccc1. The van der Waals surface area contributed by atoms with Crippen molar-refractivity contribution in [2.24, 2.45) is 0 Å². The van der Waals surface area contributed by atoms with Gasteiger partial charge in [-0.1, -0.05) is 41.9 Å². The van der Waals surface area contributed by atoms with E-state index in [2.05, 4.69) is 11.4 Å². The Balaban J connectivity index is 1.63. The van der Waals surface area contributed by atoms with Crippen LogP contribution in [0.25, 0.3) is 0 Å². The molecule has 0 aromatic heterocycles. The molecule has 2 amide bonds. The maximum atomic E-state index is 12.5. The summed E-state index contributed by atoms with van der Waals surface area (Å²) in [6, 6.07) is 17.8. The fourth-order valence-electron chi connectivity index (χ4n) is 2.75. The number of urea groups is 1. The van der Waals surface area contributed by atoms with Gasteiger partial charge in [-0.05, 0) is 43.2 Å². The molecular weight excluding hydrogens is 296 g/mol. The first-order chi connectivity index (χ1) is 10.7. The molecule has 2 atom stereocenters. The number of carbonyl (C=O) groups is 1. The summed E-state index contributed by atoms with van der Waals surface area (Å²) in [4.78, 5) is 14.2. The summed E-state index contributed by atoms with van der Waals surface area (Å²) in [5.41, 5.74) is 2.11. The van der Waals surface area contributed by atoms with Gasteiger partial charge in [0.05, 0.1) is 0 Å². The highest BCUT2D eigenvalue weighted by Gasteiger charge is 2.40. The molecule has 2 aromatic carbocycles. The molecular formula is C18H19ClN2O. The van der Waals surface area contributed by atoms with Crippen LogP contribution in [-0.2, 0) is 0 Å². The van der Waals surface area contributed by atoms with Gasteiger partial charge in [0.25, 0.3) is 0 Å². The minimum atomic E-state index is -0.0387. The van der Waals surface area contributed by atoms with Crippen LogP contribution in [0, 0.1) is 0 Å². The van der Waals surface area contributed by atoms with E-state index < -0.39 is 0 Å². The van der Waals surface area contributed by atoms with Crippen molar-refractivity contribution < 1.29 is 4.79 Å². The molecule has 0 spiro atoms. The predicted molar refractivity (Wildman–Crippen MR) is 90.6 cm³/mol. The van der Waals surface area contributed by atoms with Crippen molar-refractivity contribution >= 4 is 23.3 Å². The molecule has 1 fully saturated rings. The van der Waals surface area contributed by atoms with E-state index >= 15 is 0 Å². The van der Waals surface area contributed by atoms with Crippen LogP contribution < -0.4 is 10.2 Å². The van der Waals surface area contributed by atoms with Crippen molar-refractivity contribution in [3.05, 3.63) is 65.2 Å². The van der Waals surface area contributed by atoms with E-state index in [4.69, 9.17) is 11.6 Å². The van der Waals surface area contributed by atoms with Crippen LogP contribution in [0.4, 0.5) is 10.5 Å². The minimum Gasteiger partial charge on any atom is -0.334 e. The maximum Gasteiger partial charge on any atom is 0.322 e. The van der Waals surface area contributed by atoms with E-state index in [-0.39, 0.29) is 12.1 Å². The molecule has 0 bridgehead atoms. The third-order valence-corrected chi connectivity index (χ3v) is 4.24. The Labute approximate surface area is 135 Å². The monoisotopic (exact) mass is 314 g/mol. The first kappa shape index (κ1) is 14.9. The quantitative estimate of drug-likeness (QED) is 0.889. The second kappa shape index (κ2) is 6.41. The molecule has 0 unspecified atom stereocenters. The molecule has 22 heavy (non-hydrogen) atoms. The van der Waals surface area contributed by atoms with E-state index in [0.717, 1.165) is 17.1 Å². The Morgan fingerprint density at radius 1 is 1.23 bits per heavy atom. The number of nitrogens with one attached hydrogen (secondary N) is 1. The number of carbonyl (C=O) groups excluding carboxylic acids is 1. The summed E-state index contributed by atoms with van der Waals surface area (Å²) in [5.74, 6) is 0.372. The minimum absolute atomic E-state index is 0.0387. The van der Waals surface area contributed by atoms with Crippen molar-refractivity contribution in [2.75, 3.05) is 11.4 Å². The lowest BCUT2D eigenvalue weighted by Crippen LogP contribution is -2.41. The number of rotatable bonds is 4. The van der Waals surface area contributed by atoms with Gasteiger partial charge in [-0.15, -0.1) is 0 Å². The van der Waals surface area contributed by atoms with Gasteiger partial charge in [0, 0.05) is 29.2 Å². The second-order valence-corrected chi connectivity index (χ2v) is 5.97. The molecule has 4 heteroatoms. The molecule has 0 saturated heterocycles. The van der Waals surface area contributed by atoms with Gasteiger partial charge >= 0.3 is 6.03 Å². The number of anilines is 1. The van der Waals surface area contributed by atoms with Crippen molar-refractivity contribution in [2.45, 2.75) is 25.3 Å². The van der Waals surface area contributed by atoms with Gasteiger partial charge in [-0.3, -0.25) is 4.90 Å². The van der Waals surface area contributed by atoms with Crippen molar-refractivity contribution in [1.82, 2.24) is 5.32 Å². The zero-order valence-corrected chi connectivity index (χ0v) is 13.3. The molecule has 0 heterocycles. The first-order valence-electron chi connectivity index (χ1n) is 7.57. The largest absolute Gasteiger partial charge is 0.334 e. The molecule has 3 rings (SSSR count). The number of nitrogens with zero attached hydrogens (tertiary/aromatic N) is 1.